The lowest BCUT2D eigenvalue weighted by Gasteiger charge is -2.22. The maximum atomic E-state index is 13.2. The van der Waals surface area contributed by atoms with E-state index in [1.54, 1.807) is 30.5 Å². The van der Waals surface area contributed by atoms with Crippen molar-refractivity contribution in [2.75, 3.05) is 6.54 Å². The van der Waals surface area contributed by atoms with Gasteiger partial charge in [0.25, 0.3) is 0 Å². The Morgan fingerprint density at radius 2 is 1.60 bits per heavy atom. The van der Waals surface area contributed by atoms with Crippen LogP contribution in [0.4, 0.5) is 0 Å². The molecule has 3 unspecified atom stereocenters. The number of amides is 3. The zero-order valence-electron chi connectivity index (χ0n) is 19.3. The molecular formula is C25H29N5O5. The van der Waals surface area contributed by atoms with E-state index in [2.05, 4.69) is 20.9 Å². The number of benzene rings is 2. The number of carboxylic acid groups (broad SMARTS) is 1. The molecule has 0 fully saturated rings. The third-order valence-electron chi connectivity index (χ3n) is 5.48. The van der Waals surface area contributed by atoms with Gasteiger partial charge >= 0.3 is 5.97 Å². The van der Waals surface area contributed by atoms with Gasteiger partial charge in [-0.05, 0) is 24.1 Å². The van der Waals surface area contributed by atoms with E-state index in [9.17, 15) is 24.3 Å². The molecule has 7 N–H and O–H groups in total. The number of fused-ring (bicyclic) bond motifs is 1. The Morgan fingerprint density at radius 3 is 2.29 bits per heavy atom. The smallest absolute Gasteiger partial charge is 0.326 e. The van der Waals surface area contributed by atoms with Gasteiger partial charge in [-0.2, -0.15) is 0 Å². The number of carboxylic acids is 1. The first-order valence-corrected chi connectivity index (χ1v) is 11.2. The second-order valence-electron chi connectivity index (χ2n) is 8.28. The summed E-state index contributed by atoms with van der Waals surface area (Å²) in [5.41, 5.74) is 7.88. The van der Waals surface area contributed by atoms with E-state index in [1.165, 1.54) is 6.92 Å². The average Bonchev–Trinajstić information content (AvgIpc) is 3.25. The Kier molecular flexibility index (Phi) is 8.58. The zero-order valence-corrected chi connectivity index (χ0v) is 19.3. The molecule has 184 valence electrons. The summed E-state index contributed by atoms with van der Waals surface area (Å²) in [4.78, 5) is 52.4. The van der Waals surface area contributed by atoms with Crippen LogP contribution in [0.3, 0.4) is 0 Å². The summed E-state index contributed by atoms with van der Waals surface area (Å²) in [6, 6.07) is 13.4. The highest BCUT2D eigenvalue weighted by molar-refractivity contribution is 5.93. The largest absolute Gasteiger partial charge is 0.480 e. The quantitative estimate of drug-likeness (QED) is 0.234. The zero-order chi connectivity index (χ0) is 25.4. The Balaban J connectivity index is 1.77. The molecule has 3 rings (SSSR count). The average molecular weight is 480 g/mol. The van der Waals surface area contributed by atoms with Crippen LogP contribution in [-0.4, -0.2) is 58.5 Å². The highest BCUT2D eigenvalue weighted by Crippen LogP contribution is 2.19. The van der Waals surface area contributed by atoms with Crippen molar-refractivity contribution >= 4 is 34.6 Å². The van der Waals surface area contributed by atoms with Crippen molar-refractivity contribution in [3.8, 4) is 0 Å². The molecule has 0 spiro atoms. The van der Waals surface area contributed by atoms with Crippen molar-refractivity contribution in [1.82, 2.24) is 20.9 Å². The number of para-hydroxylation sites is 1. The van der Waals surface area contributed by atoms with E-state index in [-0.39, 0.29) is 19.4 Å². The molecule has 0 radical (unpaired) electrons. The lowest BCUT2D eigenvalue weighted by Crippen LogP contribution is -2.54. The second kappa shape index (κ2) is 11.8. The van der Waals surface area contributed by atoms with Gasteiger partial charge < -0.3 is 31.8 Å². The number of nitrogens with one attached hydrogen (secondary N) is 4. The molecule has 2 aromatic carbocycles. The van der Waals surface area contributed by atoms with Gasteiger partial charge in [0, 0.05) is 29.9 Å². The molecule has 10 heteroatoms. The molecule has 3 amide bonds. The van der Waals surface area contributed by atoms with Crippen LogP contribution in [0, 0.1) is 0 Å². The van der Waals surface area contributed by atoms with Crippen LogP contribution in [0.15, 0.2) is 60.8 Å². The Morgan fingerprint density at radius 1 is 0.914 bits per heavy atom. The number of carbonyl (C=O) groups is 4. The second-order valence-corrected chi connectivity index (χ2v) is 8.28. The van der Waals surface area contributed by atoms with Crippen molar-refractivity contribution in [2.45, 2.75) is 37.9 Å². The van der Waals surface area contributed by atoms with Gasteiger partial charge in [-0.1, -0.05) is 48.5 Å². The minimum atomic E-state index is -1.19. The number of hydrogen-bond acceptors (Lipinski definition) is 5. The van der Waals surface area contributed by atoms with Gasteiger partial charge in [0.15, 0.2) is 0 Å². The molecule has 3 atom stereocenters. The van der Waals surface area contributed by atoms with Gasteiger partial charge in [0.2, 0.25) is 17.7 Å². The molecule has 1 aromatic heterocycles. The normalized spacial score (nSPS) is 13.4. The van der Waals surface area contributed by atoms with Crippen LogP contribution < -0.4 is 21.7 Å². The number of nitrogens with two attached hydrogens (primary N) is 1. The Labute approximate surface area is 202 Å². The number of hydrogen-bond donors (Lipinski definition) is 6. The Bertz CT molecular complexity index is 1190. The van der Waals surface area contributed by atoms with Crippen LogP contribution in [0.2, 0.25) is 0 Å². The van der Waals surface area contributed by atoms with Crippen molar-refractivity contribution in [1.29, 1.82) is 0 Å². The predicted molar refractivity (Wildman–Crippen MR) is 130 cm³/mol. The molecule has 0 saturated carbocycles. The van der Waals surface area contributed by atoms with Crippen LogP contribution in [-0.2, 0) is 32.0 Å². The van der Waals surface area contributed by atoms with Crippen molar-refractivity contribution < 1.29 is 24.3 Å². The van der Waals surface area contributed by atoms with Crippen LogP contribution in [0.5, 0.6) is 0 Å². The summed E-state index contributed by atoms with van der Waals surface area (Å²) in [7, 11) is 0. The minimum absolute atomic E-state index is 0.0834. The molecule has 0 aliphatic carbocycles. The number of aliphatic carboxylic acids is 1. The number of aromatic nitrogens is 1. The SMILES string of the molecule is CC(N)C(=O)NCC(=O)NC(Cc1c[nH]c2ccccc12)C(=O)NC(Cc1ccccc1)C(=O)O. The molecular weight excluding hydrogens is 450 g/mol. The highest BCUT2D eigenvalue weighted by Gasteiger charge is 2.28. The molecule has 0 aliphatic heterocycles. The molecule has 0 aliphatic rings. The molecule has 10 nitrogen and oxygen atoms in total. The number of aromatic amines is 1. The first-order chi connectivity index (χ1) is 16.7. The standard InChI is InChI=1S/C25H29N5O5/c1-15(26)23(32)28-14-22(31)29-20(12-17-13-27-19-10-6-5-9-18(17)19)24(33)30-21(25(34)35)11-16-7-3-2-4-8-16/h2-10,13,15,20-21,27H,11-12,14,26H2,1H3,(H,28,32)(H,29,31)(H,30,33)(H,34,35). The van der Waals surface area contributed by atoms with Crippen molar-refractivity contribution in [3.63, 3.8) is 0 Å². The van der Waals surface area contributed by atoms with Gasteiger partial charge in [0.05, 0.1) is 12.6 Å². The fourth-order valence-corrected chi connectivity index (χ4v) is 3.63. The number of carbonyl (C=O) groups excluding carboxylic acids is 3. The van der Waals surface area contributed by atoms with E-state index in [1.807, 2.05) is 30.3 Å². The minimum Gasteiger partial charge on any atom is -0.480 e. The van der Waals surface area contributed by atoms with Crippen LogP contribution >= 0.6 is 0 Å². The lowest BCUT2D eigenvalue weighted by atomic mass is 10.0. The first-order valence-electron chi connectivity index (χ1n) is 11.2. The van der Waals surface area contributed by atoms with E-state index in [0.29, 0.717) is 0 Å². The summed E-state index contributed by atoms with van der Waals surface area (Å²) < 4.78 is 0. The maximum absolute atomic E-state index is 13.2. The van der Waals surface area contributed by atoms with Gasteiger partial charge in [-0.25, -0.2) is 4.79 Å². The van der Waals surface area contributed by atoms with Crippen LogP contribution in [0.1, 0.15) is 18.1 Å². The highest BCUT2D eigenvalue weighted by atomic mass is 16.4. The van der Waals surface area contributed by atoms with Gasteiger partial charge in [0.1, 0.15) is 12.1 Å². The third-order valence-corrected chi connectivity index (χ3v) is 5.48. The molecule has 1 heterocycles. The van der Waals surface area contributed by atoms with E-state index >= 15 is 0 Å². The molecule has 0 bridgehead atoms. The fourth-order valence-electron chi connectivity index (χ4n) is 3.63. The van der Waals surface area contributed by atoms with E-state index in [4.69, 9.17) is 5.73 Å². The first kappa shape index (κ1) is 25.4. The summed E-state index contributed by atoms with van der Waals surface area (Å²) in [6.07, 6.45) is 1.94. The van der Waals surface area contributed by atoms with Gasteiger partial charge in [-0.3, -0.25) is 14.4 Å². The lowest BCUT2D eigenvalue weighted by molar-refractivity contribution is -0.142. The van der Waals surface area contributed by atoms with Crippen molar-refractivity contribution in [3.05, 3.63) is 71.9 Å². The summed E-state index contributed by atoms with van der Waals surface area (Å²) in [5, 5.41) is 18.1. The summed E-state index contributed by atoms with van der Waals surface area (Å²) in [6.45, 7) is 1.11. The topological polar surface area (TPSA) is 166 Å². The maximum Gasteiger partial charge on any atom is 0.326 e. The fraction of sp³-hybridized carbons (Fsp3) is 0.280. The molecule has 35 heavy (non-hydrogen) atoms. The predicted octanol–water partition coefficient (Wildman–Crippen LogP) is 0.471. The summed E-state index contributed by atoms with van der Waals surface area (Å²) >= 11 is 0. The summed E-state index contributed by atoms with van der Waals surface area (Å²) in [5.74, 6) is -2.95. The molecule has 3 aromatic rings. The van der Waals surface area contributed by atoms with E-state index in [0.717, 1.165) is 22.0 Å². The Hall–Kier alpha value is -4.18. The van der Waals surface area contributed by atoms with Gasteiger partial charge in [-0.15, -0.1) is 0 Å². The third kappa shape index (κ3) is 7.15. The monoisotopic (exact) mass is 479 g/mol. The van der Waals surface area contributed by atoms with Crippen LogP contribution in [0.25, 0.3) is 10.9 Å². The number of H-pyrrole nitrogens is 1. The number of rotatable bonds is 11. The molecule has 0 saturated heterocycles. The van der Waals surface area contributed by atoms with Crippen molar-refractivity contribution in [2.24, 2.45) is 5.73 Å². The van der Waals surface area contributed by atoms with E-state index < -0.39 is 41.8 Å².